The maximum Gasteiger partial charge on any atom is 0.330 e. The number of nitrogens with zero attached hydrogens (tertiary/aromatic N) is 1. The Labute approximate surface area is 131 Å². The van der Waals surface area contributed by atoms with Gasteiger partial charge in [0.2, 0.25) is 0 Å². The lowest BCUT2D eigenvalue weighted by molar-refractivity contribution is -0.155. The van der Waals surface area contributed by atoms with Crippen molar-refractivity contribution in [1.29, 1.82) is 0 Å². The van der Waals surface area contributed by atoms with Gasteiger partial charge in [0.05, 0.1) is 0 Å². The van der Waals surface area contributed by atoms with Gasteiger partial charge in [0.25, 0.3) is 5.56 Å². The molecule has 2 heterocycles. The largest absolute Gasteiger partial charge is 0.463 e. The van der Waals surface area contributed by atoms with Crippen LogP contribution < -0.4 is 11.2 Å². The summed E-state index contributed by atoms with van der Waals surface area (Å²) in [5, 5.41) is 0. The molecule has 0 unspecified atom stereocenters. The molecular formula is C14H18N2O7. The smallest absolute Gasteiger partial charge is 0.330 e. The first-order valence-corrected chi connectivity index (χ1v) is 7.06. The highest BCUT2D eigenvalue weighted by atomic mass is 16.6. The van der Waals surface area contributed by atoms with Gasteiger partial charge in [0, 0.05) is 32.0 Å². The lowest BCUT2D eigenvalue weighted by Crippen LogP contribution is -2.33. The third-order valence-corrected chi connectivity index (χ3v) is 3.40. The summed E-state index contributed by atoms with van der Waals surface area (Å²) in [5.41, 5.74) is -0.752. The molecule has 0 bridgehead atoms. The number of ether oxygens (including phenoxy) is 3. The molecule has 1 aromatic heterocycles. The van der Waals surface area contributed by atoms with Crippen molar-refractivity contribution < 1.29 is 23.8 Å². The van der Waals surface area contributed by atoms with Crippen molar-refractivity contribution in [3.8, 4) is 0 Å². The fourth-order valence-corrected chi connectivity index (χ4v) is 2.36. The van der Waals surface area contributed by atoms with Crippen LogP contribution in [0.1, 0.15) is 32.1 Å². The van der Waals surface area contributed by atoms with Crippen molar-refractivity contribution in [2.75, 3.05) is 6.61 Å². The Hall–Kier alpha value is -2.42. The summed E-state index contributed by atoms with van der Waals surface area (Å²) in [6.07, 6.45) is -0.493. The predicted octanol–water partition coefficient (Wildman–Crippen LogP) is -0.373. The van der Waals surface area contributed by atoms with E-state index in [0.717, 1.165) is 0 Å². The Balaban J connectivity index is 2.23. The predicted molar refractivity (Wildman–Crippen MR) is 76.8 cm³/mol. The molecule has 1 N–H and O–H groups in total. The molecule has 23 heavy (non-hydrogen) atoms. The van der Waals surface area contributed by atoms with E-state index in [1.165, 1.54) is 24.6 Å². The van der Waals surface area contributed by atoms with Crippen LogP contribution in [0.5, 0.6) is 0 Å². The van der Waals surface area contributed by atoms with Crippen molar-refractivity contribution in [1.82, 2.24) is 9.55 Å². The number of hydrogen-bond donors (Lipinski definition) is 1. The van der Waals surface area contributed by atoms with Gasteiger partial charge in [-0.25, -0.2) is 4.79 Å². The molecule has 0 radical (unpaired) electrons. The highest BCUT2D eigenvalue weighted by Gasteiger charge is 2.39. The quantitative estimate of drug-likeness (QED) is 0.750. The van der Waals surface area contributed by atoms with Crippen LogP contribution in [-0.4, -0.2) is 40.3 Å². The lowest BCUT2D eigenvalue weighted by Gasteiger charge is -2.17. The number of rotatable bonds is 4. The zero-order chi connectivity index (χ0) is 17.1. The van der Waals surface area contributed by atoms with Gasteiger partial charge >= 0.3 is 17.6 Å². The molecule has 2 rings (SSSR count). The fourth-order valence-electron chi connectivity index (χ4n) is 2.36. The SMILES string of the molecule is CC(=O)OC[C@@H]1O[C@@H](n2cc(C)c(=O)[nH]c2=O)C[C@H]1OC(C)=O. The van der Waals surface area contributed by atoms with Gasteiger partial charge in [-0.2, -0.15) is 0 Å². The number of esters is 2. The van der Waals surface area contributed by atoms with Gasteiger partial charge < -0.3 is 14.2 Å². The van der Waals surface area contributed by atoms with Crippen molar-refractivity contribution in [2.24, 2.45) is 0 Å². The average molecular weight is 326 g/mol. The van der Waals surface area contributed by atoms with Crippen molar-refractivity contribution in [3.05, 3.63) is 32.6 Å². The molecule has 1 aromatic rings. The second kappa shape index (κ2) is 6.78. The summed E-state index contributed by atoms with van der Waals surface area (Å²) in [5.74, 6) is -0.993. The molecule has 1 saturated heterocycles. The molecule has 1 aliphatic heterocycles. The van der Waals surface area contributed by atoms with E-state index < -0.39 is 41.6 Å². The van der Waals surface area contributed by atoms with Crippen LogP contribution >= 0.6 is 0 Å². The maximum atomic E-state index is 11.9. The van der Waals surface area contributed by atoms with Gasteiger partial charge in [-0.05, 0) is 6.92 Å². The Kier molecular flexibility index (Phi) is 4.99. The third kappa shape index (κ3) is 4.07. The van der Waals surface area contributed by atoms with Crippen LogP contribution in [0.3, 0.4) is 0 Å². The fraction of sp³-hybridized carbons (Fsp3) is 0.571. The van der Waals surface area contributed by atoms with E-state index in [2.05, 4.69) is 4.98 Å². The van der Waals surface area contributed by atoms with Gasteiger partial charge in [0.1, 0.15) is 25.0 Å². The molecule has 126 valence electrons. The molecule has 1 aliphatic rings. The van der Waals surface area contributed by atoms with E-state index in [1.807, 2.05) is 0 Å². The van der Waals surface area contributed by atoms with Gasteiger partial charge in [-0.3, -0.25) is 23.9 Å². The van der Waals surface area contributed by atoms with E-state index in [4.69, 9.17) is 14.2 Å². The van der Waals surface area contributed by atoms with Gasteiger partial charge in [0.15, 0.2) is 0 Å². The normalized spacial score (nSPS) is 23.5. The first-order chi connectivity index (χ1) is 10.8. The second-order valence-electron chi connectivity index (χ2n) is 5.29. The Morgan fingerprint density at radius 3 is 2.65 bits per heavy atom. The van der Waals surface area contributed by atoms with Crippen molar-refractivity contribution in [3.63, 3.8) is 0 Å². The van der Waals surface area contributed by atoms with Gasteiger partial charge in [-0.1, -0.05) is 0 Å². The molecule has 0 saturated carbocycles. The van der Waals surface area contributed by atoms with E-state index >= 15 is 0 Å². The lowest BCUT2D eigenvalue weighted by atomic mass is 10.2. The minimum Gasteiger partial charge on any atom is -0.463 e. The number of nitrogens with one attached hydrogen (secondary N) is 1. The van der Waals surface area contributed by atoms with E-state index in [1.54, 1.807) is 6.92 Å². The van der Waals surface area contributed by atoms with Crippen LogP contribution in [0.4, 0.5) is 0 Å². The summed E-state index contributed by atoms with van der Waals surface area (Å²) in [6.45, 7) is 3.97. The summed E-state index contributed by atoms with van der Waals surface area (Å²) in [4.78, 5) is 47.6. The summed E-state index contributed by atoms with van der Waals surface area (Å²) in [6, 6.07) is 0. The van der Waals surface area contributed by atoms with Crippen LogP contribution in [0.25, 0.3) is 0 Å². The van der Waals surface area contributed by atoms with E-state index in [-0.39, 0.29) is 13.0 Å². The number of H-pyrrole nitrogens is 1. The first-order valence-electron chi connectivity index (χ1n) is 7.06. The topological polar surface area (TPSA) is 117 Å². The summed E-state index contributed by atoms with van der Waals surface area (Å²) < 4.78 is 17.0. The molecule has 0 aromatic carbocycles. The molecular weight excluding hydrogens is 308 g/mol. The standard InChI is InChI=1S/C14H18N2O7/c1-7-5-16(14(20)15-13(7)19)12-4-10(22-9(3)18)11(23-12)6-21-8(2)17/h5,10-12H,4,6H2,1-3H3,(H,15,19,20)/t10-,11+,12-/m1/s1. The zero-order valence-corrected chi connectivity index (χ0v) is 13.0. The Morgan fingerprint density at radius 1 is 1.35 bits per heavy atom. The van der Waals surface area contributed by atoms with Crippen molar-refractivity contribution in [2.45, 2.75) is 45.6 Å². The van der Waals surface area contributed by atoms with Crippen LogP contribution in [0.15, 0.2) is 15.8 Å². The zero-order valence-electron chi connectivity index (χ0n) is 13.0. The Bertz CT molecular complexity index is 721. The van der Waals surface area contributed by atoms with Crippen LogP contribution in [0, 0.1) is 6.92 Å². The highest BCUT2D eigenvalue weighted by Crippen LogP contribution is 2.30. The third-order valence-electron chi connectivity index (χ3n) is 3.40. The maximum absolute atomic E-state index is 11.9. The number of carbonyl (C=O) groups excluding carboxylic acids is 2. The number of aromatic amines is 1. The molecule has 9 heteroatoms. The van der Waals surface area contributed by atoms with E-state index in [0.29, 0.717) is 5.56 Å². The molecule has 9 nitrogen and oxygen atoms in total. The van der Waals surface area contributed by atoms with E-state index in [9.17, 15) is 19.2 Å². The van der Waals surface area contributed by atoms with Crippen LogP contribution in [0.2, 0.25) is 0 Å². The number of aromatic nitrogens is 2. The van der Waals surface area contributed by atoms with Gasteiger partial charge in [-0.15, -0.1) is 0 Å². The minimum absolute atomic E-state index is 0.0964. The monoisotopic (exact) mass is 326 g/mol. The number of carbonyl (C=O) groups is 2. The molecule has 0 spiro atoms. The summed E-state index contributed by atoms with van der Waals surface area (Å²) in [7, 11) is 0. The molecule has 3 atom stereocenters. The molecule has 1 fully saturated rings. The number of aryl methyl sites for hydroxylation is 1. The summed E-state index contributed by atoms with van der Waals surface area (Å²) >= 11 is 0. The minimum atomic E-state index is -0.733. The molecule has 0 aliphatic carbocycles. The highest BCUT2D eigenvalue weighted by molar-refractivity contribution is 5.66. The Morgan fingerprint density at radius 2 is 2.04 bits per heavy atom. The van der Waals surface area contributed by atoms with Crippen LogP contribution in [-0.2, 0) is 23.8 Å². The first kappa shape index (κ1) is 16.9. The second-order valence-corrected chi connectivity index (χ2v) is 5.29. The molecule has 0 amide bonds. The van der Waals surface area contributed by atoms with Crippen molar-refractivity contribution >= 4 is 11.9 Å². The number of hydrogen-bond acceptors (Lipinski definition) is 7. The average Bonchev–Trinajstić information content (AvgIpc) is 2.82.